The molecule has 0 aromatic carbocycles. The van der Waals surface area contributed by atoms with Gasteiger partial charge in [-0.2, -0.15) is 0 Å². The van der Waals surface area contributed by atoms with Gasteiger partial charge in [-0.1, -0.05) is 0 Å². The Balaban J connectivity index is 2.19. The van der Waals surface area contributed by atoms with Gasteiger partial charge in [0.15, 0.2) is 12.3 Å². The molecule has 0 aliphatic heterocycles. The van der Waals surface area contributed by atoms with Crippen LogP contribution in [0.2, 0.25) is 0 Å². The van der Waals surface area contributed by atoms with Crippen LogP contribution in [-0.2, 0) is 8.43 Å². The molecule has 1 N–H and O–H groups in total. The molecule has 2 radical (unpaired) electrons. The van der Waals surface area contributed by atoms with Crippen LogP contribution in [0.15, 0.2) is 0 Å². The lowest BCUT2D eigenvalue weighted by Crippen LogP contribution is -1.68. The first-order chi connectivity index (χ1) is 2.41. The molecule has 0 saturated heterocycles. The summed E-state index contributed by atoms with van der Waals surface area (Å²) in [6.07, 6.45) is 0. The van der Waals surface area contributed by atoms with Crippen LogP contribution < -0.4 is 0 Å². The van der Waals surface area contributed by atoms with Gasteiger partial charge in [-0.15, -0.1) is 4.33 Å². The lowest BCUT2D eigenvalue weighted by atomic mass is 10.6. The molecule has 0 fully saturated rings. The van der Waals surface area contributed by atoms with Crippen LogP contribution in [0.3, 0.4) is 0 Å². The van der Waals surface area contributed by atoms with Crippen LogP contribution in [0.5, 0.6) is 0 Å². The Morgan fingerprint density at radius 1 is 1.80 bits per heavy atom. The maximum atomic E-state index is 7.32. The molecule has 0 spiro atoms. The Morgan fingerprint density at radius 3 is 2.40 bits per heavy atom. The highest BCUT2D eigenvalue weighted by molar-refractivity contribution is 7.90. The topological polar surface area (TPSA) is 38.7 Å². The first-order valence-electron chi connectivity index (χ1n) is 0.752. The Morgan fingerprint density at radius 2 is 2.40 bits per heavy atom. The van der Waals surface area contributed by atoms with E-state index in [4.69, 9.17) is 5.26 Å². The molecule has 0 bridgehead atoms. The smallest absolute Gasteiger partial charge is 0.308 e. The summed E-state index contributed by atoms with van der Waals surface area (Å²) in [5, 5.41) is 7.32. The summed E-state index contributed by atoms with van der Waals surface area (Å²) in [6.45, 7) is 0. The van der Waals surface area contributed by atoms with Crippen LogP contribution in [0.25, 0.3) is 0 Å². The molecule has 0 aromatic heterocycles. The predicted octanol–water partition coefficient (Wildman–Crippen LogP) is 0.139. The van der Waals surface area contributed by atoms with Crippen molar-refractivity contribution in [3.05, 3.63) is 0 Å². The largest absolute Gasteiger partial charge is 0.366 e. The molecule has 0 rings (SSSR count). The zero-order valence-electron chi connectivity index (χ0n) is 2.25. The molecule has 0 amide bonds. The summed E-state index contributed by atoms with van der Waals surface area (Å²) in [7, 11) is 4.32. The SMILES string of the molecule is [B]OSOO. The van der Waals surface area contributed by atoms with Gasteiger partial charge in [-0.25, -0.2) is 5.26 Å². The van der Waals surface area contributed by atoms with Crippen molar-refractivity contribution in [1.29, 1.82) is 0 Å². The van der Waals surface area contributed by atoms with E-state index in [2.05, 4.69) is 16.5 Å². The van der Waals surface area contributed by atoms with Gasteiger partial charge in [0.2, 0.25) is 0 Å². The van der Waals surface area contributed by atoms with Crippen molar-refractivity contribution >= 4 is 20.4 Å². The molecular weight excluding hydrogens is 90.9 g/mol. The quantitative estimate of drug-likeness (QED) is 0.227. The number of hydrogen-bond donors (Lipinski definition) is 1. The van der Waals surface area contributed by atoms with Gasteiger partial charge in [0.05, 0.1) is 0 Å². The van der Waals surface area contributed by atoms with Crippen LogP contribution >= 0.6 is 12.3 Å². The van der Waals surface area contributed by atoms with E-state index >= 15 is 0 Å². The van der Waals surface area contributed by atoms with Crippen molar-refractivity contribution in [3.63, 3.8) is 0 Å². The molecule has 0 heterocycles. The minimum atomic E-state index is 0.296. The number of rotatable bonds is 2. The summed E-state index contributed by atoms with van der Waals surface area (Å²) in [5.74, 6) is 0. The van der Waals surface area contributed by atoms with E-state index in [1.807, 2.05) is 0 Å². The summed E-state index contributed by atoms with van der Waals surface area (Å²) in [4.78, 5) is 0. The standard InChI is InChI=1S/BHO3S/c1-3-5-4-2/h2H. The van der Waals surface area contributed by atoms with Crippen molar-refractivity contribution in [3.8, 4) is 0 Å². The van der Waals surface area contributed by atoms with Gasteiger partial charge in [0, 0.05) is 0 Å². The fraction of sp³-hybridized carbons (Fsp3) is 0. The Hall–Kier alpha value is 0.295. The van der Waals surface area contributed by atoms with Crippen molar-refractivity contribution in [2.45, 2.75) is 0 Å². The van der Waals surface area contributed by atoms with E-state index < -0.39 is 0 Å². The molecule has 0 atom stereocenters. The van der Waals surface area contributed by atoms with Gasteiger partial charge in [0.1, 0.15) is 0 Å². The monoisotopic (exact) mass is 92.0 g/mol. The highest BCUT2D eigenvalue weighted by Gasteiger charge is 1.69. The van der Waals surface area contributed by atoms with Crippen LogP contribution in [0.4, 0.5) is 0 Å². The predicted molar refractivity (Wildman–Crippen MR) is 18.1 cm³/mol. The second-order valence-corrected chi connectivity index (χ2v) is 0.716. The van der Waals surface area contributed by atoms with E-state index in [0.29, 0.717) is 12.3 Å². The number of hydrogen-bond acceptors (Lipinski definition) is 4. The maximum absolute atomic E-state index is 7.32. The lowest BCUT2D eigenvalue weighted by Gasteiger charge is -1.81. The fourth-order valence-electron chi connectivity index (χ4n) is 0.0176. The minimum absolute atomic E-state index is 0.296. The third-order valence-corrected chi connectivity index (χ3v) is 0.209. The van der Waals surface area contributed by atoms with E-state index in [0.717, 1.165) is 0 Å². The average molecular weight is 91.9 g/mol. The van der Waals surface area contributed by atoms with Crippen LogP contribution in [0.1, 0.15) is 0 Å². The minimum Gasteiger partial charge on any atom is -0.366 e. The van der Waals surface area contributed by atoms with Crippen molar-refractivity contribution in [1.82, 2.24) is 0 Å². The normalized spacial score (nSPS) is 8.20. The molecule has 3 nitrogen and oxygen atoms in total. The van der Waals surface area contributed by atoms with Gasteiger partial charge in [-0.05, 0) is 0 Å². The molecule has 0 unspecified atom stereocenters. The third kappa shape index (κ3) is 4.29. The summed E-state index contributed by atoms with van der Waals surface area (Å²) in [6, 6.07) is 0. The molecule has 5 heavy (non-hydrogen) atoms. The Bertz CT molecular complexity index is 14.4. The van der Waals surface area contributed by atoms with Crippen LogP contribution in [-0.4, -0.2) is 13.3 Å². The summed E-state index contributed by atoms with van der Waals surface area (Å²) < 4.78 is 6.90. The zero-order valence-corrected chi connectivity index (χ0v) is 3.07. The Kier molecular flexibility index (Phi) is 4.55. The van der Waals surface area contributed by atoms with Gasteiger partial charge in [-0.3, -0.25) is 0 Å². The zero-order chi connectivity index (χ0) is 4.12. The molecular formula is HBO3S. The Labute approximate surface area is 35.1 Å². The van der Waals surface area contributed by atoms with Gasteiger partial charge < -0.3 is 4.10 Å². The first-order valence-corrected chi connectivity index (χ1v) is 1.42. The third-order valence-electron chi connectivity index (χ3n) is 0.0697. The molecule has 5 heteroatoms. The van der Waals surface area contributed by atoms with Crippen molar-refractivity contribution in [2.24, 2.45) is 0 Å². The molecule has 0 aliphatic carbocycles. The summed E-state index contributed by atoms with van der Waals surface area (Å²) >= 11 is 0.296. The molecule has 28 valence electrons. The molecule has 0 aliphatic rings. The van der Waals surface area contributed by atoms with E-state index in [1.165, 1.54) is 0 Å². The second-order valence-electron chi connectivity index (χ2n) is 0.239. The van der Waals surface area contributed by atoms with Crippen LogP contribution in [0, 0.1) is 0 Å². The highest BCUT2D eigenvalue weighted by atomic mass is 32.2. The van der Waals surface area contributed by atoms with Gasteiger partial charge in [0.25, 0.3) is 0 Å². The van der Waals surface area contributed by atoms with Crippen molar-refractivity contribution < 1.29 is 13.7 Å². The second kappa shape index (κ2) is 4.29. The maximum Gasteiger partial charge on any atom is 0.308 e. The van der Waals surface area contributed by atoms with Gasteiger partial charge >= 0.3 is 8.05 Å². The lowest BCUT2D eigenvalue weighted by molar-refractivity contribution is -0.121. The first kappa shape index (κ1) is 5.29. The molecule has 0 aromatic rings. The average Bonchev–Trinajstić information content (AvgIpc) is 1.41. The van der Waals surface area contributed by atoms with E-state index in [-0.39, 0.29) is 0 Å². The molecule has 0 saturated carbocycles. The van der Waals surface area contributed by atoms with E-state index in [9.17, 15) is 0 Å². The summed E-state index contributed by atoms with van der Waals surface area (Å²) in [5.41, 5.74) is 0. The van der Waals surface area contributed by atoms with Crippen molar-refractivity contribution in [2.75, 3.05) is 0 Å². The highest BCUT2D eigenvalue weighted by Crippen LogP contribution is 1.93. The fourth-order valence-corrected chi connectivity index (χ4v) is 0.0527. The van der Waals surface area contributed by atoms with E-state index in [1.54, 1.807) is 0 Å².